The fraction of sp³-hybridized carbons (Fsp3) is 0.348. The van der Waals surface area contributed by atoms with Crippen molar-refractivity contribution in [2.75, 3.05) is 28.6 Å². The predicted octanol–water partition coefficient (Wildman–Crippen LogP) is 3.17. The number of anilines is 3. The van der Waals surface area contributed by atoms with Gasteiger partial charge in [0.15, 0.2) is 0 Å². The lowest BCUT2D eigenvalue weighted by Crippen LogP contribution is -2.38. The van der Waals surface area contributed by atoms with E-state index in [4.69, 9.17) is 5.73 Å². The van der Waals surface area contributed by atoms with E-state index in [0.29, 0.717) is 16.9 Å². The number of hydrogen-bond donors (Lipinski definition) is 4. The Balaban J connectivity index is 1.53. The smallest absolute Gasteiger partial charge is 0.319 e. The van der Waals surface area contributed by atoms with Gasteiger partial charge in [-0.1, -0.05) is 0 Å². The number of rotatable bonds is 6. The minimum absolute atomic E-state index is 0.0402. The van der Waals surface area contributed by atoms with Crippen LogP contribution in [0.15, 0.2) is 48.5 Å². The Kier molecular flexibility index (Phi) is 7.12. The Bertz CT molecular complexity index is 917. The Morgan fingerprint density at radius 2 is 1.45 bits per heavy atom. The van der Waals surface area contributed by atoms with Crippen LogP contribution in [-0.4, -0.2) is 37.0 Å². The van der Waals surface area contributed by atoms with E-state index in [1.165, 1.54) is 0 Å². The zero-order valence-corrected chi connectivity index (χ0v) is 17.9. The highest BCUT2D eigenvalue weighted by atomic mass is 16.2. The molecule has 2 aromatic rings. The number of primary amides is 1. The molecule has 2 aromatic carbocycles. The van der Waals surface area contributed by atoms with E-state index < -0.39 is 0 Å². The molecule has 0 atom stereocenters. The summed E-state index contributed by atoms with van der Waals surface area (Å²) in [4.78, 5) is 37.8. The van der Waals surface area contributed by atoms with Gasteiger partial charge in [0, 0.05) is 47.7 Å². The summed E-state index contributed by atoms with van der Waals surface area (Å²) in [6, 6.07) is 14.1. The summed E-state index contributed by atoms with van der Waals surface area (Å²) in [6.45, 7) is 5.33. The summed E-state index contributed by atoms with van der Waals surface area (Å²) in [6.07, 6.45) is 1.52. The maximum absolute atomic E-state index is 12.5. The number of carbonyl (C=O) groups excluding carboxylic acids is 3. The van der Waals surface area contributed by atoms with Gasteiger partial charge in [0.1, 0.15) is 0 Å². The third kappa shape index (κ3) is 6.21. The Morgan fingerprint density at radius 1 is 0.903 bits per heavy atom. The van der Waals surface area contributed by atoms with Gasteiger partial charge >= 0.3 is 6.03 Å². The lowest BCUT2D eigenvalue weighted by atomic mass is 9.96. The average Bonchev–Trinajstić information content (AvgIpc) is 2.74. The molecular formula is C23H29N5O3. The molecule has 5 N–H and O–H groups in total. The predicted molar refractivity (Wildman–Crippen MR) is 122 cm³/mol. The molecule has 8 nitrogen and oxygen atoms in total. The summed E-state index contributed by atoms with van der Waals surface area (Å²) < 4.78 is 0. The number of nitrogens with two attached hydrogens (primary N) is 1. The molecule has 0 spiro atoms. The number of nitrogens with zero attached hydrogens (tertiary/aromatic N) is 1. The van der Waals surface area contributed by atoms with Crippen LogP contribution in [0.25, 0.3) is 0 Å². The lowest BCUT2D eigenvalue weighted by Gasteiger charge is -2.32. The van der Waals surface area contributed by atoms with Gasteiger partial charge in [0.2, 0.25) is 5.91 Å². The average molecular weight is 424 g/mol. The summed E-state index contributed by atoms with van der Waals surface area (Å²) in [5, 5.41) is 8.34. The third-order valence-corrected chi connectivity index (χ3v) is 5.21. The number of urea groups is 1. The first-order valence-corrected chi connectivity index (χ1v) is 10.4. The molecule has 0 saturated carbocycles. The first-order valence-electron chi connectivity index (χ1n) is 10.4. The summed E-state index contributed by atoms with van der Waals surface area (Å²) in [7, 11) is 0. The molecule has 0 aliphatic carbocycles. The maximum atomic E-state index is 12.5. The molecule has 8 heteroatoms. The summed E-state index contributed by atoms with van der Waals surface area (Å²) in [5.41, 5.74) is 8.24. The van der Waals surface area contributed by atoms with Gasteiger partial charge in [-0.2, -0.15) is 0 Å². The molecule has 1 aliphatic rings. The second kappa shape index (κ2) is 9.97. The molecule has 0 aromatic heterocycles. The standard InChI is InChI=1S/C23H29N5O3/c1-15(2)25-23(31)27-19-5-3-17(4-6-19)22(30)26-18-7-9-20(10-8-18)28-13-11-16(12-14-28)21(24)29/h3-10,15-16H,11-14H2,1-2H3,(H2,24,29)(H,26,30)(H2,25,27,31). The van der Waals surface area contributed by atoms with Crippen molar-refractivity contribution in [3.8, 4) is 0 Å². The van der Waals surface area contributed by atoms with Crippen molar-refractivity contribution < 1.29 is 14.4 Å². The van der Waals surface area contributed by atoms with Crippen LogP contribution < -0.4 is 26.6 Å². The molecule has 1 aliphatic heterocycles. The second-order valence-corrected chi connectivity index (χ2v) is 8.00. The molecule has 31 heavy (non-hydrogen) atoms. The van der Waals surface area contributed by atoms with Crippen LogP contribution in [0, 0.1) is 5.92 Å². The SMILES string of the molecule is CC(C)NC(=O)Nc1ccc(C(=O)Nc2ccc(N3CCC(C(N)=O)CC3)cc2)cc1. The van der Waals surface area contributed by atoms with Gasteiger partial charge in [-0.25, -0.2) is 4.79 Å². The van der Waals surface area contributed by atoms with Crippen LogP contribution >= 0.6 is 0 Å². The number of carbonyl (C=O) groups is 3. The van der Waals surface area contributed by atoms with Crippen molar-refractivity contribution >= 4 is 34.9 Å². The zero-order chi connectivity index (χ0) is 22.4. The topological polar surface area (TPSA) is 117 Å². The number of piperidine rings is 1. The van der Waals surface area contributed by atoms with Crippen molar-refractivity contribution in [1.29, 1.82) is 0 Å². The van der Waals surface area contributed by atoms with Crippen LogP contribution in [0.4, 0.5) is 21.9 Å². The molecule has 3 rings (SSSR count). The van der Waals surface area contributed by atoms with Gasteiger partial charge in [-0.15, -0.1) is 0 Å². The normalized spacial score (nSPS) is 14.2. The minimum atomic E-state index is -0.286. The highest BCUT2D eigenvalue weighted by Gasteiger charge is 2.23. The van der Waals surface area contributed by atoms with Gasteiger partial charge in [0.25, 0.3) is 5.91 Å². The Hall–Kier alpha value is -3.55. The molecule has 1 saturated heterocycles. The van der Waals surface area contributed by atoms with E-state index in [9.17, 15) is 14.4 Å². The third-order valence-electron chi connectivity index (χ3n) is 5.21. The van der Waals surface area contributed by atoms with E-state index in [1.54, 1.807) is 24.3 Å². The fourth-order valence-electron chi connectivity index (χ4n) is 3.52. The van der Waals surface area contributed by atoms with E-state index in [1.807, 2.05) is 38.1 Å². The van der Waals surface area contributed by atoms with Crippen LogP contribution in [-0.2, 0) is 4.79 Å². The monoisotopic (exact) mass is 423 g/mol. The molecule has 0 bridgehead atoms. The van der Waals surface area contributed by atoms with Crippen LogP contribution in [0.5, 0.6) is 0 Å². The minimum Gasteiger partial charge on any atom is -0.371 e. The first kappa shape index (κ1) is 22.1. The molecule has 164 valence electrons. The summed E-state index contributed by atoms with van der Waals surface area (Å²) in [5.74, 6) is -0.491. The first-order chi connectivity index (χ1) is 14.8. The van der Waals surface area contributed by atoms with Crippen LogP contribution in [0.1, 0.15) is 37.0 Å². The van der Waals surface area contributed by atoms with Crippen LogP contribution in [0.2, 0.25) is 0 Å². The molecule has 0 unspecified atom stereocenters. The summed E-state index contributed by atoms with van der Waals surface area (Å²) >= 11 is 0. The van der Waals surface area contributed by atoms with Crippen molar-refractivity contribution in [2.24, 2.45) is 11.7 Å². The largest absolute Gasteiger partial charge is 0.371 e. The van der Waals surface area contributed by atoms with E-state index in [2.05, 4.69) is 20.9 Å². The number of nitrogens with one attached hydrogen (secondary N) is 3. The molecule has 0 radical (unpaired) electrons. The van der Waals surface area contributed by atoms with Crippen LogP contribution in [0.3, 0.4) is 0 Å². The van der Waals surface area contributed by atoms with Crippen molar-refractivity contribution in [3.63, 3.8) is 0 Å². The second-order valence-electron chi connectivity index (χ2n) is 8.00. The van der Waals surface area contributed by atoms with Gasteiger partial charge < -0.3 is 26.6 Å². The van der Waals surface area contributed by atoms with Gasteiger partial charge in [-0.3, -0.25) is 9.59 Å². The van der Waals surface area contributed by atoms with E-state index >= 15 is 0 Å². The highest BCUT2D eigenvalue weighted by Crippen LogP contribution is 2.24. The molecular weight excluding hydrogens is 394 g/mol. The fourth-order valence-corrected chi connectivity index (χ4v) is 3.52. The number of hydrogen-bond acceptors (Lipinski definition) is 4. The zero-order valence-electron chi connectivity index (χ0n) is 17.9. The Labute approximate surface area is 182 Å². The van der Waals surface area contributed by atoms with E-state index in [0.717, 1.165) is 31.6 Å². The van der Waals surface area contributed by atoms with Gasteiger partial charge in [0.05, 0.1) is 0 Å². The van der Waals surface area contributed by atoms with E-state index in [-0.39, 0.29) is 29.8 Å². The number of amides is 4. The quantitative estimate of drug-likeness (QED) is 0.571. The van der Waals surface area contributed by atoms with Crippen molar-refractivity contribution in [1.82, 2.24) is 5.32 Å². The Morgan fingerprint density at radius 3 is 2.00 bits per heavy atom. The van der Waals surface area contributed by atoms with Gasteiger partial charge in [-0.05, 0) is 75.2 Å². The molecule has 1 fully saturated rings. The maximum Gasteiger partial charge on any atom is 0.319 e. The highest BCUT2D eigenvalue weighted by molar-refractivity contribution is 6.04. The molecule has 4 amide bonds. The molecule has 1 heterocycles. The van der Waals surface area contributed by atoms with Crippen molar-refractivity contribution in [3.05, 3.63) is 54.1 Å². The lowest BCUT2D eigenvalue weighted by molar-refractivity contribution is -0.122. The number of benzene rings is 2. The van der Waals surface area contributed by atoms with Crippen molar-refractivity contribution in [2.45, 2.75) is 32.7 Å².